The summed E-state index contributed by atoms with van der Waals surface area (Å²) in [6.07, 6.45) is 3.88. The van der Waals surface area contributed by atoms with E-state index >= 15 is 0 Å². The molecule has 22 heavy (non-hydrogen) atoms. The highest BCUT2D eigenvalue weighted by Gasteiger charge is 2.70. The van der Waals surface area contributed by atoms with Crippen LogP contribution in [0, 0.1) is 11.8 Å². The molecule has 2 bridgehead atoms. The Morgan fingerprint density at radius 2 is 1.50 bits per heavy atom. The number of rotatable bonds is 2. The second kappa shape index (κ2) is 4.07. The number of imide groups is 1. The number of benzene rings is 1. The summed E-state index contributed by atoms with van der Waals surface area (Å²) in [6, 6.07) is 9.43. The Balaban J connectivity index is 1.74. The van der Waals surface area contributed by atoms with Gasteiger partial charge in [-0.3, -0.25) is 14.5 Å². The molecule has 2 saturated heterocycles. The first-order chi connectivity index (χ1) is 10.4. The van der Waals surface area contributed by atoms with Gasteiger partial charge in [0.05, 0.1) is 29.1 Å². The van der Waals surface area contributed by atoms with Gasteiger partial charge in [-0.25, -0.2) is 0 Å². The molecule has 0 aliphatic carbocycles. The summed E-state index contributed by atoms with van der Waals surface area (Å²) < 4.78 is 6.01. The van der Waals surface area contributed by atoms with E-state index in [0.717, 1.165) is 5.56 Å². The van der Waals surface area contributed by atoms with Crippen LogP contribution < -0.4 is 0 Å². The predicted octanol–water partition coefficient (Wildman–Crippen LogP) is 2.47. The van der Waals surface area contributed by atoms with E-state index in [0.29, 0.717) is 0 Å². The molecule has 1 aromatic rings. The molecule has 0 aromatic heterocycles. The molecule has 0 unspecified atom stereocenters. The van der Waals surface area contributed by atoms with E-state index < -0.39 is 23.0 Å². The molecule has 2 fully saturated rings. The second-order valence-electron chi connectivity index (χ2n) is 6.89. The lowest BCUT2D eigenvalue weighted by atomic mass is 9.73. The normalized spacial score (nSPS) is 40.4. The Morgan fingerprint density at radius 1 is 1.00 bits per heavy atom. The summed E-state index contributed by atoms with van der Waals surface area (Å²) in [6.45, 7) is 5.72. The van der Waals surface area contributed by atoms with Crippen LogP contribution in [0.4, 0.5) is 0 Å². The van der Waals surface area contributed by atoms with Gasteiger partial charge in [0.1, 0.15) is 0 Å². The molecule has 0 saturated carbocycles. The minimum atomic E-state index is -0.655. The molecule has 4 heteroatoms. The number of amides is 2. The van der Waals surface area contributed by atoms with Crippen LogP contribution >= 0.6 is 0 Å². The van der Waals surface area contributed by atoms with Gasteiger partial charge in [0.15, 0.2) is 0 Å². The molecular formula is C18H19NO3. The van der Waals surface area contributed by atoms with Crippen LogP contribution in [0.5, 0.6) is 0 Å². The maximum absolute atomic E-state index is 12.9. The van der Waals surface area contributed by atoms with Crippen molar-refractivity contribution in [2.75, 3.05) is 0 Å². The summed E-state index contributed by atoms with van der Waals surface area (Å²) >= 11 is 0. The Kier molecular flexibility index (Phi) is 2.54. The van der Waals surface area contributed by atoms with Crippen molar-refractivity contribution in [3.05, 3.63) is 48.0 Å². The Labute approximate surface area is 129 Å². The van der Waals surface area contributed by atoms with Gasteiger partial charge in [-0.1, -0.05) is 42.5 Å². The summed E-state index contributed by atoms with van der Waals surface area (Å²) in [5, 5.41) is 0. The maximum atomic E-state index is 12.9. The summed E-state index contributed by atoms with van der Waals surface area (Å²) in [7, 11) is 0. The number of nitrogens with zero attached hydrogens (tertiary/aromatic N) is 1. The zero-order valence-corrected chi connectivity index (χ0v) is 12.9. The number of likely N-dealkylation sites (tertiary alicyclic amines) is 1. The number of carbonyl (C=O) groups excluding carboxylic acids is 2. The lowest BCUT2D eigenvalue weighted by Gasteiger charge is -2.29. The first kappa shape index (κ1) is 13.7. The van der Waals surface area contributed by atoms with E-state index in [9.17, 15) is 9.59 Å². The third kappa shape index (κ3) is 1.51. The molecule has 0 radical (unpaired) electrons. The fraction of sp³-hybridized carbons (Fsp3) is 0.444. The van der Waals surface area contributed by atoms with Gasteiger partial charge in [-0.2, -0.15) is 0 Å². The number of fused-ring (bicyclic) bond motifs is 5. The van der Waals surface area contributed by atoms with Gasteiger partial charge < -0.3 is 4.74 Å². The van der Waals surface area contributed by atoms with Crippen LogP contribution in [0.15, 0.2) is 42.5 Å². The monoisotopic (exact) mass is 297 g/mol. The van der Waals surface area contributed by atoms with E-state index in [1.807, 2.05) is 63.3 Å². The quantitative estimate of drug-likeness (QED) is 0.622. The number of hydrogen-bond donors (Lipinski definition) is 0. The lowest BCUT2D eigenvalue weighted by molar-refractivity contribution is -0.148. The molecule has 4 rings (SSSR count). The summed E-state index contributed by atoms with van der Waals surface area (Å²) in [5.41, 5.74) is -0.338. The van der Waals surface area contributed by atoms with Crippen molar-refractivity contribution in [3.8, 4) is 0 Å². The van der Waals surface area contributed by atoms with Gasteiger partial charge in [-0.15, -0.1) is 0 Å². The van der Waals surface area contributed by atoms with Crippen LogP contribution in [0.2, 0.25) is 0 Å². The van der Waals surface area contributed by atoms with Gasteiger partial charge >= 0.3 is 0 Å². The van der Waals surface area contributed by atoms with Crippen molar-refractivity contribution in [1.82, 2.24) is 4.90 Å². The zero-order chi connectivity index (χ0) is 15.7. The summed E-state index contributed by atoms with van der Waals surface area (Å²) in [5.74, 6) is -1.02. The zero-order valence-electron chi connectivity index (χ0n) is 12.9. The van der Waals surface area contributed by atoms with E-state index in [1.54, 1.807) is 0 Å². The van der Waals surface area contributed by atoms with Crippen LogP contribution in [0.3, 0.4) is 0 Å². The van der Waals surface area contributed by atoms with E-state index in [1.165, 1.54) is 4.90 Å². The largest absolute Gasteiger partial charge is 0.359 e. The molecule has 3 aliphatic heterocycles. The lowest BCUT2D eigenvalue weighted by Crippen LogP contribution is -2.40. The molecule has 1 aromatic carbocycles. The molecule has 4 nitrogen and oxygen atoms in total. The number of ether oxygens (including phenoxy) is 1. The fourth-order valence-corrected chi connectivity index (χ4v) is 4.32. The third-order valence-electron chi connectivity index (χ3n) is 5.43. The highest BCUT2D eigenvalue weighted by molar-refractivity contribution is 6.08. The van der Waals surface area contributed by atoms with Crippen LogP contribution in [-0.4, -0.2) is 27.9 Å². The molecule has 0 N–H and O–H groups in total. The highest BCUT2D eigenvalue weighted by atomic mass is 16.5. The molecule has 0 spiro atoms. The van der Waals surface area contributed by atoms with Crippen LogP contribution in [-0.2, 0) is 14.3 Å². The minimum Gasteiger partial charge on any atom is -0.359 e. The van der Waals surface area contributed by atoms with Crippen molar-refractivity contribution in [3.63, 3.8) is 0 Å². The number of hydrogen-bond acceptors (Lipinski definition) is 3. The first-order valence-corrected chi connectivity index (χ1v) is 7.70. The van der Waals surface area contributed by atoms with Gasteiger partial charge in [-0.05, 0) is 26.3 Å². The molecule has 3 heterocycles. The summed E-state index contributed by atoms with van der Waals surface area (Å²) in [4.78, 5) is 27.3. The van der Waals surface area contributed by atoms with Gasteiger partial charge in [0, 0.05) is 0 Å². The smallest absolute Gasteiger partial charge is 0.237 e. The molecule has 114 valence electrons. The first-order valence-electron chi connectivity index (χ1n) is 7.70. The molecular weight excluding hydrogens is 278 g/mol. The van der Waals surface area contributed by atoms with E-state index in [2.05, 4.69) is 0 Å². The maximum Gasteiger partial charge on any atom is 0.237 e. The van der Waals surface area contributed by atoms with Gasteiger partial charge in [0.25, 0.3) is 0 Å². The average Bonchev–Trinajstić information content (AvgIpc) is 3.04. The second-order valence-corrected chi connectivity index (χ2v) is 6.89. The standard InChI is InChI=1S/C18H19NO3/c1-11(12-7-5-4-6-8-12)19-15(20)13-14(16(19)21)18(3)10-9-17(13,2)22-18/h4-11,13-14H,1-3H3/t11-,13-,14-,17+,18+/m0/s1. The molecule has 3 aliphatic rings. The Morgan fingerprint density at radius 3 is 2.00 bits per heavy atom. The van der Waals surface area contributed by atoms with E-state index in [-0.39, 0.29) is 17.9 Å². The topological polar surface area (TPSA) is 46.6 Å². The number of carbonyl (C=O) groups is 2. The SMILES string of the molecule is C[C@@H](c1ccccc1)N1C(=O)[C@@H]2[C@@H](C1=O)[C@@]1(C)C=C[C@@]2(C)O1. The highest BCUT2D eigenvalue weighted by Crippen LogP contribution is 2.57. The van der Waals surface area contributed by atoms with Crippen LogP contribution in [0.25, 0.3) is 0 Å². The Bertz CT molecular complexity index is 662. The average molecular weight is 297 g/mol. The fourth-order valence-electron chi connectivity index (χ4n) is 4.32. The van der Waals surface area contributed by atoms with E-state index in [4.69, 9.17) is 4.74 Å². The minimum absolute atomic E-state index is 0.109. The predicted molar refractivity (Wildman–Crippen MR) is 80.7 cm³/mol. The van der Waals surface area contributed by atoms with Gasteiger partial charge in [0.2, 0.25) is 11.8 Å². The molecule has 5 atom stereocenters. The van der Waals surface area contributed by atoms with Crippen molar-refractivity contribution < 1.29 is 14.3 Å². The van der Waals surface area contributed by atoms with Crippen molar-refractivity contribution in [2.24, 2.45) is 11.8 Å². The molecule has 2 amide bonds. The third-order valence-corrected chi connectivity index (χ3v) is 5.43. The van der Waals surface area contributed by atoms with Crippen molar-refractivity contribution >= 4 is 11.8 Å². The van der Waals surface area contributed by atoms with Crippen molar-refractivity contribution in [1.29, 1.82) is 0 Å². The van der Waals surface area contributed by atoms with Crippen LogP contribution in [0.1, 0.15) is 32.4 Å². The van der Waals surface area contributed by atoms with Crippen molar-refractivity contribution in [2.45, 2.75) is 38.0 Å². The Hall–Kier alpha value is -1.94.